The van der Waals surface area contributed by atoms with Crippen LogP contribution < -0.4 is 0 Å². The van der Waals surface area contributed by atoms with Gasteiger partial charge in [-0.1, -0.05) is 42.5 Å². The molecule has 1 saturated heterocycles. The second-order valence-corrected chi connectivity index (χ2v) is 7.93. The van der Waals surface area contributed by atoms with Crippen LogP contribution in [-0.4, -0.2) is 51.2 Å². The average Bonchev–Trinajstić information content (AvgIpc) is 3.24. The first-order chi connectivity index (χ1) is 14.8. The number of rotatable bonds is 11. The van der Waals surface area contributed by atoms with Crippen molar-refractivity contribution in [3.63, 3.8) is 0 Å². The zero-order valence-corrected chi connectivity index (χ0v) is 19.2. The summed E-state index contributed by atoms with van der Waals surface area (Å²) in [5.41, 5.74) is 1.27. The molecule has 0 amide bonds. The third-order valence-corrected chi connectivity index (χ3v) is 4.92. The number of ether oxygens (including phenoxy) is 3. The monoisotopic (exact) mass is 433 g/mol. The van der Waals surface area contributed by atoms with Crippen LogP contribution in [0.3, 0.4) is 0 Å². The summed E-state index contributed by atoms with van der Waals surface area (Å²) in [5.74, 6) is -0.919. The molecule has 0 aliphatic carbocycles. The number of nitrogens with zero attached hydrogens (tertiary/aromatic N) is 3. The van der Waals surface area contributed by atoms with Gasteiger partial charge < -0.3 is 19.3 Å². The Kier molecular flexibility index (Phi) is 9.61. The highest BCUT2D eigenvalue weighted by Crippen LogP contribution is 2.31. The van der Waals surface area contributed by atoms with Crippen molar-refractivity contribution >= 4 is 12.0 Å². The first-order valence-corrected chi connectivity index (χ1v) is 10.8. The summed E-state index contributed by atoms with van der Waals surface area (Å²) in [6.07, 6.45) is 13.6. The number of aryl methyl sites for hydroxylation is 1. The van der Waals surface area contributed by atoms with Gasteiger partial charge in [-0.25, -0.2) is 4.68 Å². The lowest BCUT2D eigenvalue weighted by Crippen LogP contribution is -2.21. The normalized spacial score (nSPS) is 22.1. The molecule has 2 rings (SSSR count). The van der Waals surface area contributed by atoms with E-state index in [-0.39, 0.29) is 18.2 Å². The number of aliphatic hydroxyl groups is 1. The molecule has 0 bridgehead atoms. The van der Waals surface area contributed by atoms with Gasteiger partial charge in [0.2, 0.25) is 0 Å². The zero-order chi connectivity index (χ0) is 22.9. The maximum Gasteiger partial charge on any atom is 0.305 e. The lowest BCUT2D eigenvalue weighted by Gasteiger charge is -2.16. The van der Waals surface area contributed by atoms with Gasteiger partial charge in [-0.3, -0.25) is 4.79 Å². The van der Waals surface area contributed by atoms with Crippen molar-refractivity contribution in [2.45, 2.75) is 77.0 Å². The van der Waals surface area contributed by atoms with E-state index in [1.54, 1.807) is 11.7 Å². The van der Waals surface area contributed by atoms with Crippen LogP contribution in [0.1, 0.15) is 70.4 Å². The second-order valence-electron chi connectivity index (χ2n) is 7.93. The molecule has 2 heterocycles. The van der Waals surface area contributed by atoms with E-state index in [2.05, 4.69) is 22.0 Å². The minimum absolute atomic E-state index is 0.164. The lowest BCUT2D eigenvalue weighted by molar-refractivity contribution is -0.142. The summed E-state index contributed by atoms with van der Waals surface area (Å²) in [7, 11) is 3.18. The number of allylic oxidation sites excluding steroid dienone is 2. The SMILES string of the molecule is CC/C=C\C[C@H](O)c1nnn(C)c1/C=C/[C@H]1OC(C)(C)O[C@H]1C/C=C\CCC(=O)OC. The molecule has 0 spiro atoms. The molecule has 1 N–H and O–H groups in total. The minimum Gasteiger partial charge on any atom is -0.469 e. The predicted octanol–water partition coefficient (Wildman–Crippen LogP) is 3.64. The molecule has 0 unspecified atom stereocenters. The van der Waals surface area contributed by atoms with Crippen molar-refractivity contribution in [2.24, 2.45) is 7.05 Å². The van der Waals surface area contributed by atoms with Crippen LogP contribution in [0.25, 0.3) is 6.08 Å². The summed E-state index contributed by atoms with van der Waals surface area (Å²) >= 11 is 0. The molecule has 3 atom stereocenters. The Morgan fingerprint density at radius 2 is 2.06 bits per heavy atom. The van der Waals surface area contributed by atoms with Crippen molar-refractivity contribution in [1.29, 1.82) is 0 Å². The highest BCUT2D eigenvalue weighted by Gasteiger charge is 2.39. The van der Waals surface area contributed by atoms with E-state index in [9.17, 15) is 9.90 Å². The molecule has 172 valence electrons. The number of methoxy groups -OCH3 is 1. The van der Waals surface area contributed by atoms with E-state index in [1.807, 2.05) is 50.3 Å². The van der Waals surface area contributed by atoms with Gasteiger partial charge in [0.05, 0.1) is 18.9 Å². The minimum atomic E-state index is -0.720. The summed E-state index contributed by atoms with van der Waals surface area (Å²) < 4.78 is 18.4. The van der Waals surface area contributed by atoms with E-state index < -0.39 is 11.9 Å². The topological polar surface area (TPSA) is 95.7 Å². The van der Waals surface area contributed by atoms with Gasteiger partial charge in [0.1, 0.15) is 17.9 Å². The third kappa shape index (κ3) is 7.72. The molecule has 31 heavy (non-hydrogen) atoms. The van der Waals surface area contributed by atoms with Crippen molar-refractivity contribution in [3.05, 3.63) is 41.8 Å². The van der Waals surface area contributed by atoms with Crippen LogP contribution in [0.5, 0.6) is 0 Å². The van der Waals surface area contributed by atoms with Gasteiger partial charge in [-0.15, -0.1) is 5.10 Å². The number of esters is 1. The van der Waals surface area contributed by atoms with Crippen LogP contribution in [0.4, 0.5) is 0 Å². The van der Waals surface area contributed by atoms with Crippen LogP contribution in [-0.2, 0) is 26.1 Å². The molecule has 8 nitrogen and oxygen atoms in total. The summed E-state index contributed by atoms with van der Waals surface area (Å²) in [4.78, 5) is 11.2. The maximum atomic E-state index is 11.2. The Bertz CT molecular complexity index is 797. The first-order valence-electron chi connectivity index (χ1n) is 10.8. The third-order valence-electron chi connectivity index (χ3n) is 4.92. The largest absolute Gasteiger partial charge is 0.469 e. The number of aliphatic hydroxyl groups excluding tert-OH is 1. The van der Waals surface area contributed by atoms with E-state index >= 15 is 0 Å². The highest BCUT2D eigenvalue weighted by molar-refractivity contribution is 5.69. The molecule has 1 aromatic heterocycles. The van der Waals surface area contributed by atoms with Gasteiger partial charge >= 0.3 is 5.97 Å². The van der Waals surface area contributed by atoms with Crippen molar-refractivity contribution in [3.8, 4) is 0 Å². The smallest absolute Gasteiger partial charge is 0.305 e. The van der Waals surface area contributed by atoms with Crippen LogP contribution >= 0.6 is 0 Å². The Labute approximate surface area is 184 Å². The van der Waals surface area contributed by atoms with Gasteiger partial charge in [0.15, 0.2) is 5.79 Å². The lowest BCUT2D eigenvalue weighted by atomic mass is 10.1. The van der Waals surface area contributed by atoms with E-state index in [0.717, 1.165) is 12.1 Å². The predicted molar refractivity (Wildman–Crippen MR) is 118 cm³/mol. The van der Waals surface area contributed by atoms with Crippen molar-refractivity contribution < 1.29 is 24.1 Å². The van der Waals surface area contributed by atoms with Gasteiger partial charge in [-0.05, 0) is 45.6 Å². The highest BCUT2D eigenvalue weighted by atomic mass is 16.7. The van der Waals surface area contributed by atoms with Crippen LogP contribution in [0.15, 0.2) is 30.4 Å². The summed E-state index contributed by atoms with van der Waals surface area (Å²) in [5, 5.41) is 18.7. The van der Waals surface area contributed by atoms with Crippen molar-refractivity contribution in [2.75, 3.05) is 7.11 Å². The quantitative estimate of drug-likeness (QED) is 0.420. The number of aromatic nitrogens is 3. The average molecular weight is 434 g/mol. The molecule has 8 heteroatoms. The Hall–Kier alpha value is -2.29. The van der Waals surface area contributed by atoms with E-state index in [4.69, 9.17) is 9.47 Å². The molecule has 1 fully saturated rings. The zero-order valence-electron chi connectivity index (χ0n) is 19.2. The molecule has 0 saturated carbocycles. The van der Waals surface area contributed by atoms with E-state index in [0.29, 0.717) is 31.4 Å². The van der Waals surface area contributed by atoms with Gasteiger partial charge in [0, 0.05) is 13.5 Å². The number of hydrogen-bond donors (Lipinski definition) is 1. The molecule has 1 aliphatic heterocycles. The van der Waals surface area contributed by atoms with E-state index in [1.165, 1.54) is 7.11 Å². The Balaban J connectivity index is 2.05. The maximum absolute atomic E-state index is 11.2. The number of carbonyl (C=O) groups excluding carboxylic acids is 1. The molecule has 0 radical (unpaired) electrons. The Morgan fingerprint density at radius 1 is 1.29 bits per heavy atom. The molecule has 1 aliphatic rings. The van der Waals surface area contributed by atoms with Gasteiger partial charge in [-0.2, -0.15) is 0 Å². The summed E-state index contributed by atoms with van der Waals surface area (Å²) in [6, 6.07) is 0. The first kappa shape index (κ1) is 25.0. The standard InChI is InChI=1S/C23H35N3O5/c1-6-7-9-12-18(27)22-17(26(4)25-24-22)15-16-20-19(30-23(2,3)31-20)13-10-8-11-14-21(28)29-5/h7-10,15-16,18-20,27H,6,11-14H2,1-5H3/b9-7-,10-8-,16-15+/t18-,19-,20+/m0/s1. The molecule has 1 aromatic rings. The molecular weight excluding hydrogens is 398 g/mol. The fourth-order valence-electron chi connectivity index (χ4n) is 3.36. The van der Waals surface area contributed by atoms with Crippen LogP contribution in [0, 0.1) is 0 Å². The second kappa shape index (κ2) is 11.9. The fourth-order valence-corrected chi connectivity index (χ4v) is 3.36. The number of carbonyl (C=O) groups is 1. The van der Waals surface area contributed by atoms with Crippen LogP contribution in [0.2, 0.25) is 0 Å². The van der Waals surface area contributed by atoms with Crippen molar-refractivity contribution in [1.82, 2.24) is 15.0 Å². The molecular formula is C23H35N3O5. The fraction of sp³-hybridized carbons (Fsp3) is 0.609. The molecule has 0 aromatic carbocycles. The summed E-state index contributed by atoms with van der Waals surface area (Å²) in [6.45, 7) is 5.82. The number of hydrogen-bond acceptors (Lipinski definition) is 7. The Morgan fingerprint density at radius 3 is 2.77 bits per heavy atom. The van der Waals surface area contributed by atoms with Gasteiger partial charge in [0.25, 0.3) is 0 Å².